The molecule has 33 heavy (non-hydrogen) atoms. The van der Waals surface area contributed by atoms with Crippen molar-refractivity contribution in [1.29, 1.82) is 0 Å². The topological polar surface area (TPSA) is 62.3 Å². The second-order valence-corrected chi connectivity index (χ2v) is 10.0. The zero-order valence-corrected chi connectivity index (χ0v) is 18.9. The minimum Gasteiger partial charge on any atom is -0.324 e. The number of amides is 1. The molecule has 0 radical (unpaired) electrons. The Kier molecular flexibility index (Phi) is 4.83. The molecule has 1 amide bonds. The smallest absolute Gasteiger partial charge is 0.250 e. The number of nitrogens with zero attached hydrogens (tertiary/aromatic N) is 2. The number of nitrogens with one attached hydrogen (secondary N) is 1. The molecule has 4 atom stereocenters. The van der Waals surface area contributed by atoms with Crippen LogP contribution in [0.15, 0.2) is 67.0 Å². The van der Waals surface area contributed by atoms with Crippen LogP contribution in [0.5, 0.6) is 0 Å². The van der Waals surface area contributed by atoms with Gasteiger partial charge in [0, 0.05) is 57.8 Å². The van der Waals surface area contributed by atoms with Gasteiger partial charge in [-0.1, -0.05) is 23.7 Å². The second kappa shape index (κ2) is 7.65. The summed E-state index contributed by atoms with van der Waals surface area (Å²) in [6.45, 7) is 0. The van der Waals surface area contributed by atoms with Crippen LogP contribution in [0, 0.1) is 11.7 Å². The van der Waals surface area contributed by atoms with Gasteiger partial charge in [-0.15, -0.1) is 11.8 Å². The van der Waals surface area contributed by atoms with E-state index in [9.17, 15) is 14.0 Å². The average Bonchev–Trinajstić information content (AvgIpc) is 3.48. The molecule has 0 unspecified atom stereocenters. The fourth-order valence-corrected chi connectivity index (χ4v) is 7.25. The van der Waals surface area contributed by atoms with Gasteiger partial charge in [-0.3, -0.25) is 19.5 Å². The Morgan fingerprint density at radius 1 is 1.21 bits per heavy atom. The molecule has 3 aliphatic heterocycles. The van der Waals surface area contributed by atoms with Crippen molar-refractivity contribution >= 4 is 40.7 Å². The van der Waals surface area contributed by atoms with Crippen LogP contribution >= 0.6 is 23.4 Å². The van der Waals surface area contributed by atoms with E-state index in [0.717, 1.165) is 11.3 Å². The summed E-state index contributed by atoms with van der Waals surface area (Å²) in [5, 5.41) is 3.54. The number of rotatable bonds is 3. The lowest BCUT2D eigenvalue weighted by molar-refractivity contribution is -0.127. The Bertz CT molecular complexity index is 1270. The molecule has 3 aliphatic rings. The number of carbonyl (C=O) groups is 2. The molecule has 8 heteroatoms. The summed E-state index contributed by atoms with van der Waals surface area (Å²) < 4.78 is 14.5. The van der Waals surface area contributed by atoms with Gasteiger partial charge in [0.25, 0.3) is 0 Å². The number of fused-ring (bicyclic) bond motifs is 4. The number of halogens is 2. The van der Waals surface area contributed by atoms with Crippen molar-refractivity contribution in [3.05, 3.63) is 94.5 Å². The molecular weight excluding hydrogens is 461 g/mol. The normalized spacial score (nSPS) is 28.1. The number of hydrogen-bond acceptors (Lipinski definition) is 5. The summed E-state index contributed by atoms with van der Waals surface area (Å²) in [6.07, 6.45) is 3.15. The van der Waals surface area contributed by atoms with E-state index in [2.05, 4.69) is 15.2 Å². The van der Waals surface area contributed by atoms with Gasteiger partial charge in [-0.05, 0) is 48.0 Å². The van der Waals surface area contributed by atoms with Crippen LogP contribution in [0.2, 0.25) is 5.02 Å². The number of thioether (sulfide) groups is 1. The predicted molar refractivity (Wildman–Crippen MR) is 126 cm³/mol. The van der Waals surface area contributed by atoms with Crippen molar-refractivity contribution in [2.75, 3.05) is 16.9 Å². The number of anilines is 1. The van der Waals surface area contributed by atoms with E-state index in [-0.39, 0.29) is 23.7 Å². The van der Waals surface area contributed by atoms with Crippen LogP contribution in [0.1, 0.15) is 27.4 Å². The monoisotopic (exact) mass is 479 g/mol. The highest BCUT2D eigenvalue weighted by molar-refractivity contribution is 7.99. The van der Waals surface area contributed by atoms with Crippen LogP contribution in [-0.2, 0) is 10.3 Å². The molecular formula is C25H19ClFN3O2S. The molecule has 3 aromatic rings. The van der Waals surface area contributed by atoms with Gasteiger partial charge >= 0.3 is 0 Å². The summed E-state index contributed by atoms with van der Waals surface area (Å²) in [5.74, 6) is -0.569. The molecule has 166 valence electrons. The van der Waals surface area contributed by atoms with E-state index < -0.39 is 17.3 Å². The maximum Gasteiger partial charge on any atom is 0.250 e. The number of Topliss-reactive ketones (excluding diaryl/α,β-unsaturated/α-hetero) is 1. The van der Waals surface area contributed by atoms with Gasteiger partial charge in [0.05, 0.1) is 5.92 Å². The summed E-state index contributed by atoms with van der Waals surface area (Å²) >= 11 is 7.88. The van der Waals surface area contributed by atoms with Crippen molar-refractivity contribution in [1.82, 2.24) is 9.88 Å². The molecule has 1 N–H and O–H groups in total. The maximum atomic E-state index is 14.5. The molecule has 2 aromatic carbocycles. The molecule has 0 saturated carbocycles. The zero-order chi connectivity index (χ0) is 22.7. The lowest BCUT2D eigenvalue weighted by Gasteiger charge is -2.36. The number of benzene rings is 2. The highest BCUT2D eigenvalue weighted by Gasteiger charge is 2.69. The van der Waals surface area contributed by atoms with Crippen LogP contribution < -0.4 is 5.32 Å². The van der Waals surface area contributed by atoms with Crippen molar-refractivity contribution in [3.8, 4) is 0 Å². The standard InChI is InChI=1S/C25H19ClFN3O2S/c26-16-5-3-14(4-6-16)21-20-12-33-13-30(20)25(22(21)23(31)15-2-1-9-28-11-15)18-10-17(27)7-8-19(18)29-24(25)32/h1-11,20-22H,12-13H2,(H,29,32)/t20-,21-,22+,25-/m1/s1. The van der Waals surface area contributed by atoms with E-state index in [4.69, 9.17) is 11.6 Å². The number of hydrogen-bond donors (Lipinski definition) is 1. The quantitative estimate of drug-likeness (QED) is 0.552. The Labute approximate surface area is 199 Å². The van der Waals surface area contributed by atoms with Crippen molar-refractivity contribution in [3.63, 3.8) is 0 Å². The van der Waals surface area contributed by atoms with E-state index >= 15 is 0 Å². The van der Waals surface area contributed by atoms with Crippen molar-refractivity contribution in [2.45, 2.75) is 17.5 Å². The van der Waals surface area contributed by atoms with E-state index in [0.29, 0.717) is 27.7 Å². The molecule has 1 aromatic heterocycles. The van der Waals surface area contributed by atoms with Crippen LogP contribution in [0.4, 0.5) is 10.1 Å². The van der Waals surface area contributed by atoms with Crippen molar-refractivity contribution < 1.29 is 14.0 Å². The van der Waals surface area contributed by atoms with Gasteiger partial charge in [0.1, 0.15) is 11.4 Å². The molecule has 0 bridgehead atoms. The summed E-state index contributed by atoms with van der Waals surface area (Å²) in [6, 6.07) is 15.2. The number of ketones is 1. The van der Waals surface area contributed by atoms with Gasteiger partial charge in [0.15, 0.2) is 5.78 Å². The molecule has 2 fully saturated rings. The second-order valence-electron chi connectivity index (χ2n) is 8.61. The summed E-state index contributed by atoms with van der Waals surface area (Å²) in [5.41, 5.74) is 1.15. The van der Waals surface area contributed by atoms with Crippen molar-refractivity contribution in [2.24, 2.45) is 5.92 Å². The highest BCUT2D eigenvalue weighted by Crippen LogP contribution is 2.61. The molecule has 6 rings (SSSR count). The van der Waals surface area contributed by atoms with E-state index in [1.54, 1.807) is 36.2 Å². The first-order valence-corrected chi connectivity index (χ1v) is 12.2. The maximum absolute atomic E-state index is 14.5. The van der Waals surface area contributed by atoms with E-state index in [1.807, 2.05) is 24.3 Å². The highest BCUT2D eigenvalue weighted by atomic mass is 35.5. The fourth-order valence-electron chi connectivity index (χ4n) is 5.79. The SMILES string of the molecule is O=C(c1cccnc1)[C@@H]1[C@H](c2ccc(Cl)cc2)[C@H]2CSCN2[C@@]12C(=O)Nc1ccc(F)cc12. The first kappa shape index (κ1) is 20.8. The first-order valence-electron chi connectivity index (χ1n) is 10.7. The largest absolute Gasteiger partial charge is 0.324 e. The van der Waals surface area contributed by atoms with Crippen LogP contribution in [0.25, 0.3) is 0 Å². The molecule has 0 aliphatic carbocycles. The number of pyridine rings is 1. The molecule has 4 heterocycles. The third-order valence-corrected chi connectivity index (χ3v) is 8.36. The number of carbonyl (C=O) groups excluding carboxylic acids is 2. The fraction of sp³-hybridized carbons (Fsp3) is 0.240. The Hall–Kier alpha value is -2.74. The third kappa shape index (κ3) is 2.92. The Morgan fingerprint density at radius 2 is 2.03 bits per heavy atom. The third-order valence-electron chi connectivity index (χ3n) is 7.07. The van der Waals surface area contributed by atoms with Gasteiger partial charge in [-0.2, -0.15) is 0 Å². The van der Waals surface area contributed by atoms with Crippen LogP contribution in [-0.4, -0.2) is 39.2 Å². The average molecular weight is 480 g/mol. The minimum atomic E-state index is -1.30. The first-order chi connectivity index (χ1) is 16.0. The van der Waals surface area contributed by atoms with Gasteiger partial charge in [0.2, 0.25) is 5.91 Å². The molecule has 2 saturated heterocycles. The minimum absolute atomic E-state index is 0.0678. The van der Waals surface area contributed by atoms with Gasteiger partial charge < -0.3 is 5.32 Å². The molecule has 5 nitrogen and oxygen atoms in total. The van der Waals surface area contributed by atoms with Crippen LogP contribution in [0.3, 0.4) is 0 Å². The van der Waals surface area contributed by atoms with E-state index in [1.165, 1.54) is 18.3 Å². The lowest BCUT2D eigenvalue weighted by Crippen LogP contribution is -2.52. The summed E-state index contributed by atoms with van der Waals surface area (Å²) in [4.78, 5) is 34.2. The Morgan fingerprint density at radius 3 is 2.79 bits per heavy atom. The molecule has 1 spiro atoms. The number of aromatic nitrogens is 1. The Balaban J connectivity index is 1.63. The summed E-state index contributed by atoms with van der Waals surface area (Å²) in [7, 11) is 0. The zero-order valence-electron chi connectivity index (χ0n) is 17.4. The lowest BCUT2D eigenvalue weighted by atomic mass is 9.69. The van der Waals surface area contributed by atoms with Gasteiger partial charge in [-0.25, -0.2) is 4.39 Å². The predicted octanol–water partition coefficient (Wildman–Crippen LogP) is 4.69.